The fraction of sp³-hybridized carbons (Fsp3) is 0.333. The fourth-order valence-corrected chi connectivity index (χ4v) is 2.14. The summed E-state index contributed by atoms with van der Waals surface area (Å²) in [6.45, 7) is 7.39. The largest absolute Gasteiger partial charge is 0.489 e. The molecule has 0 atom stereocenters. The van der Waals surface area contributed by atoms with Crippen LogP contribution in [0.15, 0.2) is 49.2 Å². The number of allylic oxidation sites excluding steroid dienone is 2. The van der Waals surface area contributed by atoms with Gasteiger partial charge in [-0.25, -0.2) is 0 Å². The first-order chi connectivity index (χ1) is 10.1. The van der Waals surface area contributed by atoms with Gasteiger partial charge in [-0.1, -0.05) is 30.9 Å². The van der Waals surface area contributed by atoms with Crippen LogP contribution >= 0.6 is 0 Å². The van der Waals surface area contributed by atoms with Crippen LogP contribution in [0.25, 0.3) is 5.57 Å². The van der Waals surface area contributed by atoms with E-state index in [1.165, 1.54) is 17.3 Å². The van der Waals surface area contributed by atoms with Crippen molar-refractivity contribution in [3.8, 4) is 5.75 Å². The van der Waals surface area contributed by atoms with Crippen LogP contribution < -0.4 is 10.5 Å². The van der Waals surface area contributed by atoms with Gasteiger partial charge >= 0.3 is 0 Å². The number of benzene rings is 1. The van der Waals surface area contributed by atoms with Crippen molar-refractivity contribution in [1.29, 1.82) is 0 Å². The SMILES string of the molecule is C=C/C=C(/CCN(C)C)c1c(C)cccc1OC/C=C/N. The molecule has 1 aromatic rings. The predicted octanol–water partition coefficient (Wildman–Crippen LogP) is 3.37. The summed E-state index contributed by atoms with van der Waals surface area (Å²) in [5.74, 6) is 0.889. The second-order valence-corrected chi connectivity index (χ2v) is 5.17. The van der Waals surface area contributed by atoms with Crippen molar-refractivity contribution in [2.45, 2.75) is 13.3 Å². The van der Waals surface area contributed by atoms with E-state index >= 15 is 0 Å². The lowest BCUT2D eigenvalue weighted by Crippen LogP contribution is -2.13. The van der Waals surface area contributed by atoms with Gasteiger partial charge in [-0.2, -0.15) is 0 Å². The Kier molecular flexibility index (Phi) is 7.33. The highest BCUT2D eigenvalue weighted by molar-refractivity contribution is 5.74. The third-order valence-corrected chi connectivity index (χ3v) is 3.17. The third-order valence-electron chi connectivity index (χ3n) is 3.17. The summed E-state index contributed by atoms with van der Waals surface area (Å²) in [6.07, 6.45) is 8.15. The van der Waals surface area contributed by atoms with Crippen molar-refractivity contribution in [3.05, 3.63) is 60.3 Å². The zero-order valence-electron chi connectivity index (χ0n) is 13.3. The van der Waals surface area contributed by atoms with Gasteiger partial charge in [0.2, 0.25) is 0 Å². The Labute approximate surface area is 128 Å². The molecule has 0 saturated heterocycles. The molecule has 2 N–H and O–H groups in total. The van der Waals surface area contributed by atoms with E-state index in [4.69, 9.17) is 10.5 Å². The maximum atomic E-state index is 5.84. The maximum Gasteiger partial charge on any atom is 0.127 e. The Hall–Kier alpha value is -2.00. The molecule has 0 unspecified atom stereocenters. The topological polar surface area (TPSA) is 38.5 Å². The smallest absolute Gasteiger partial charge is 0.127 e. The molecule has 114 valence electrons. The maximum absolute atomic E-state index is 5.84. The fourth-order valence-electron chi connectivity index (χ4n) is 2.14. The quantitative estimate of drug-likeness (QED) is 0.745. The van der Waals surface area contributed by atoms with Gasteiger partial charge in [0.05, 0.1) is 0 Å². The Morgan fingerprint density at radius 3 is 2.76 bits per heavy atom. The van der Waals surface area contributed by atoms with Crippen LogP contribution in [0.5, 0.6) is 5.75 Å². The average Bonchev–Trinajstić information content (AvgIpc) is 2.44. The van der Waals surface area contributed by atoms with Crippen molar-refractivity contribution in [2.24, 2.45) is 5.73 Å². The normalized spacial score (nSPS) is 12.1. The molecule has 1 rings (SSSR count). The molecule has 0 fully saturated rings. The average molecular weight is 286 g/mol. The molecule has 3 nitrogen and oxygen atoms in total. The molecule has 0 amide bonds. The van der Waals surface area contributed by atoms with E-state index in [1.54, 1.807) is 6.08 Å². The summed E-state index contributed by atoms with van der Waals surface area (Å²) >= 11 is 0. The lowest BCUT2D eigenvalue weighted by atomic mass is 9.96. The molecule has 0 bridgehead atoms. The Bertz CT molecular complexity index is 516. The number of ether oxygens (including phenoxy) is 1. The predicted molar refractivity (Wildman–Crippen MR) is 91.3 cm³/mol. The summed E-state index contributed by atoms with van der Waals surface area (Å²) in [7, 11) is 4.15. The van der Waals surface area contributed by atoms with Crippen LogP contribution in [0.4, 0.5) is 0 Å². The standard InChI is InChI=1S/C18H26N2O/c1-5-8-16(11-13-20(3)4)18-15(2)9-6-10-17(18)21-14-7-12-19/h5-10,12H,1,11,13-14,19H2,2-4H3/b12-7+,16-8-. The van der Waals surface area contributed by atoms with E-state index in [2.05, 4.69) is 44.6 Å². The third kappa shape index (κ3) is 5.48. The van der Waals surface area contributed by atoms with E-state index < -0.39 is 0 Å². The molecular weight excluding hydrogens is 260 g/mol. The van der Waals surface area contributed by atoms with Gasteiger partial charge in [0, 0.05) is 12.1 Å². The first kappa shape index (κ1) is 17.1. The number of aryl methyl sites for hydroxylation is 1. The zero-order valence-corrected chi connectivity index (χ0v) is 13.3. The highest BCUT2D eigenvalue weighted by Gasteiger charge is 2.11. The second-order valence-electron chi connectivity index (χ2n) is 5.17. The highest BCUT2D eigenvalue weighted by Crippen LogP contribution is 2.31. The molecule has 0 aliphatic carbocycles. The lowest BCUT2D eigenvalue weighted by molar-refractivity contribution is 0.361. The minimum atomic E-state index is 0.474. The summed E-state index contributed by atoms with van der Waals surface area (Å²) < 4.78 is 5.84. The van der Waals surface area contributed by atoms with E-state index in [0.717, 1.165) is 24.3 Å². The van der Waals surface area contributed by atoms with Crippen molar-refractivity contribution < 1.29 is 4.74 Å². The molecule has 21 heavy (non-hydrogen) atoms. The van der Waals surface area contributed by atoms with Gasteiger partial charge < -0.3 is 15.4 Å². The van der Waals surface area contributed by atoms with Crippen molar-refractivity contribution in [1.82, 2.24) is 4.90 Å². The van der Waals surface area contributed by atoms with E-state index in [9.17, 15) is 0 Å². The molecule has 1 aromatic carbocycles. The number of hydrogen-bond donors (Lipinski definition) is 1. The van der Waals surface area contributed by atoms with Gasteiger partial charge in [-0.3, -0.25) is 0 Å². The van der Waals surface area contributed by atoms with Crippen LogP contribution in [0.3, 0.4) is 0 Å². The van der Waals surface area contributed by atoms with E-state index in [0.29, 0.717) is 6.61 Å². The number of hydrogen-bond acceptors (Lipinski definition) is 3. The molecule has 0 saturated carbocycles. The van der Waals surface area contributed by atoms with Gasteiger partial charge in [0.25, 0.3) is 0 Å². The van der Waals surface area contributed by atoms with Gasteiger partial charge in [-0.05, 0) is 56.9 Å². The first-order valence-corrected chi connectivity index (χ1v) is 7.16. The van der Waals surface area contributed by atoms with Crippen LogP contribution in [0.1, 0.15) is 17.5 Å². The highest BCUT2D eigenvalue weighted by atomic mass is 16.5. The summed E-state index contributed by atoms with van der Waals surface area (Å²) in [5.41, 5.74) is 8.96. The Morgan fingerprint density at radius 1 is 1.38 bits per heavy atom. The van der Waals surface area contributed by atoms with Crippen molar-refractivity contribution >= 4 is 5.57 Å². The molecule has 0 aliphatic heterocycles. The number of nitrogens with zero attached hydrogens (tertiary/aromatic N) is 1. The molecule has 0 spiro atoms. The van der Waals surface area contributed by atoms with Crippen molar-refractivity contribution in [3.63, 3.8) is 0 Å². The second kappa shape index (κ2) is 9.03. The number of rotatable bonds is 8. The molecule has 0 aliphatic rings. The zero-order chi connectivity index (χ0) is 15.7. The molecular formula is C18H26N2O. The first-order valence-electron chi connectivity index (χ1n) is 7.16. The van der Waals surface area contributed by atoms with Crippen LogP contribution in [-0.2, 0) is 0 Å². The minimum Gasteiger partial charge on any atom is -0.489 e. The van der Waals surface area contributed by atoms with Gasteiger partial charge in [0.15, 0.2) is 0 Å². The monoisotopic (exact) mass is 286 g/mol. The van der Waals surface area contributed by atoms with E-state index in [-0.39, 0.29) is 0 Å². The van der Waals surface area contributed by atoms with Gasteiger partial charge in [-0.15, -0.1) is 0 Å². The van der Waals surface area contributed by atoms with E-state index in [1.807, 2.05) is 18.2 Å². The molecule has 0 radical (unpaired) electrons. The van der Waals surface area contributed by atoms with Crippen LogP contribution in [0, 0.1) is 6.92 Å². The molecule has 3 heteroatoms. The summed E-state index contributed by atoms with van der Waals surface area (Å²) in [6, 6.07) is 6.12. The minimum absolute atomic E-state index is 0.474. The molecule has 0 heterocycles. The molecule has 0 aromatic heterocycles. The summed E-state index contributed by atoms with van der Waals surface area (Å²) in [4.78, 5) is 2.17. The van der Waals surface area contributed by atoms with Crippen molar-refractivity contribution in [2.75, 3.05) is 27.2 Å². The lowest BCUT2D eigenvalue weighted by Gasteiger charge is -2.18. The van der Waals surface area contributed by atoms with Gasteiger partial charge in [0.1, 0.15) is 12.4 Å². The van der Waals surface area contributed by atoms with Crippen LogP contribution in [0.2, 0.25) is 0 Å². The summed E-state index contributed by atoms with van der Waals surface area (Å²) in [5, 5.41) is 0. The van der Waals surface area contributed by atoms with Crippen LogP contribution in [-0.4, -0.2) is 32.1 Å². The Morgan fingerprint density at radius 2 is 2.14 bits per heavy atom. The number of nitrogens with two attached hydrogens (primary N) is 1. The Balaban J connectivity index is 3.10.